The van der Waals surface area contributed by atoms with Crippen molar-refractivity contribution < 1.29 is 9.84 Å². The highest BCUT2D eigenvalue weighted by atomic mass is 16.5. The summed E-state index contributed by atoms with van der Waals surface area (Å²) in [6, 6.07) is 16.4. The summed E-state index contributed by atoms with van der Waals surface area (Å²) in [7, 11) is 1.67. The van der Waals surface area contributed by atoms with E-state index in [1.54, 1.807) is 7.11 Å². The van der Waals surface area contributed by atoms with E-state index in [9.17, 15) is 5.11 Å². The minimum absolute atomic E-state index is 0.00914. The van der Waals surface area contributed by atoms with Gasteiger partial charge in [-0.1, -0.05) is 43.3 Å². The first-order valence-corrected chi connectivity index (χ1v) is 7.37. The molecule has 0 aliphatic carbocycles. The number of rotatable bonds is 7. The van der Waals surface area contributed by atoms with Crippen LogP contribution in [-0.4, -0.2) is 25.4 Å². The van der Waals surface area contributed by atoms with Crippen LogP contribution in [0.3, 0.4) is 0 Å². The molecule has 0 fully saturated rings. The molecule has 0 aromatic heterocycles. The van der Waals surface area contributed by atoms with E-state index in [2.05, 4.69) is 36.5 Å². The first kappa shape index (κ1) is 15.5. The van der Waals surface area contributed by atoms with Crippen molar-refractivity contribution in [2.75, 3.05) is 20.3 Å². The smallest absolute Gasteiger partial charge is 0.118 e. The van der Waals surface area contributed by atoms with Crippen molar-refractivity contribution in [3.8, 4) is 16.9 Å². The van der Waals surface area contributed by atoms with Crippen molar-refractivity contribution in [3.63, 3.8) is 0 Å². The summed E-state index contributed by atoms with van der Waals surface area (Å²) < 4.78 is 5.17. The number of aliphatic hydroxyl groups excluding tert-OH is 1. The zero-order chi connectivity index (χ0) is 15.1. The normalized spacial score (nSPS) is 12.1. The molecule has 0 amide bonds. The molecule has 21 heavy (non-hydrogen) atoms. The van der Waals surface area contributed by atoms with E-state index in [1.165, 1.54) is 0 Å². The van der Waals surface area contributed by atoms with Gasteiger partial charge in [-0.15, -0.1) is 0 Å². The summed E-state index contributed by atoms with van der Waals surface area (Å²) in [4.78, 5) is 0. The third-order valence-corrected chi connectivity index (χ3v) is 3.56. The van der Waals surface area contributed by atoms with E-state index in [4.69, 9.17) is 4.74 Å². The molecular weight excluding hydrogens is 262 g/mol. The summed E-state index contributed by atoms with van der Waals surface area (Å²) in [5.41, 5.74) is 3.43. The average molecular weight is 285 g/mol. The highest BCUT2D eigenvalue weighted by Gasteiger charge is 2.09. The van der Waals surface area contributed by atoms with Crippen molar-refractivity contribution >= 4 is 0 Å². The van der Waals surface area contributed by atoms with E-state index in [1.807, 2.05) is 24.3 Å². The quantitative estimate of drug-likeness (QED) is 0.819. The molecular formula is C18H23NO2. The van der Waals surface area contributed by atoms with Gasteiger partial charge in [0.05, 0.1) is 19.8 Å². The van der Waals surface area contributed by atoms with Crippen LogP contribution in [0.1, 0.15) is 24.9 Å². The minimum Gasteiger partial charge on any atom is -0.497 e. The van der Waals surface area contributed by atoms with Crippen LogP contribution in [0.2, 0.25) is 0 Å². The second kappa shape index (κ2) is 7.81. The Balaban J connectivity index is 2.13. The van der Waals surface area contributed by atoms with Crippen LogP contribution in [0, 0.1) is 0 Å². The maximum atomic E-state index is 9.47. The van der Waals surface area contributed by atoms with E-state index in [0.29, 0.717) is 0 Å². The number of nitrogens with one attached hydrogen (secondary N) is 1. The highest BCUT2D eigenvalue weighted by Crippen LogP contribution is 2.24. The molecule has 2 aromatic carbocycles. The topological polar surface area (TPSA) is 41.5 Å². The van der Waals surface area contributed by atoms with Crippen LogP contribution in [0.5, 0.6) is 5.75 Å². The third-order valence-electron chi connectivity index (χ3n) is 3.56. The van der Waals surface area contributed by atoms with Gasteiger partial charge in [0.25, 0.3) is 0 Å². The van der Waals surface area contributed by atoms with Crippen molar-refractivity contribution in [1.82, 2.24) is 5.32 Å². The van der Waals surface area contributed by atoms with Gasteiger partial charge in [-0.05, 0) is 41.8 Å². The Morgan fingerprint density at radius 2 is 1.57 bits per heavy atom. The van der Waals surface area contributed by atoms with Crippen LogP contribution in [0.15, 0.2) is 48.5 Å². The fraction of sp³-hybridized carbons (Fsp3) is 0.333. The van der Waals surface area contributed by atoms with Crippen LogP contribution in [-0.2, 0) is 0 Å². The van der Waals surface area contributed by atoms with E-state index in [-0.39, 0.29) is 12.6 Å². The van der Waals surface area contributed by atoms with E-state index >= 15 is 0 Å². The number of hydrogen-bond acceptors (Lipinski definition) is 3. The molecule has 1 atom stereocenters. The van der Waals surface area contributed by atoms with Gasteiger partial charge in [-0.2, -0.15) is 0 Å². The Kier molecular flexibility index (Phi) is 5.78. The summed E-state index contributed by atoms with van der Waals surface area (Å²) in [5, 5.41) is 12.8. The molecule has 0 aliphatic heterocycles. The lowest BCUT2D eigenvalue weighted by molar-refractivity contribution is 0.245. The van der Waals surface area contributed by atoms with Gasteiger partial charge >= 0.3 is 0 Å². The highest BCUT2D eigenvalue weighted by molar-refractivity contribution is 5.64. The fourth-order valence-electron chi connectivity index (χ4n) is 2.30. The molecule has 0 spiro atoms. The van der Waals surface area contributed by atoms with E-state index in [0.717, 1.165) is 35.4 Å². The Morgan fingerprint density at radius 3 is 2.05 bits per heavy atom. The first-order chi connectivity index (χ1) is 10.3. The van der Waals surface area contributed by atoms with Gasteiger partial charge in [0.1, 0.15) is 5.75 Å². The number of ether oxygens (including phenoxy) is 1. The predicted molar refractivity (Wildman–Crippen MR) is 86.6 cm³/mol. The minimum atomic E-state index is 0.00914. The second-order valence-corrected chi connectivity index (χ2v) is 5.04. The lowest BCUT2D eigenvalue weighted by atomic mass is 10.0. The second-order valence-electron chi connectivity index (χ2n) is 5.04. The summed E-state index contributed by atoms with van der Waals surface area (Å²) >= 11 is 0. The largest absolute Gasteiger partial charge is 0.497 e. The Morgan fingerprint density at radius 1 is 1.00 bits per heavy atom. The molecule has 0 saturated carbocycles. The maximum Gasteiger partial charge on any atom is 0.118 e. The van der Waals surface area contributed by atoms with Crippen molar-refractivity contribution in [1.29, 1.82) is 0 Å². The lowest BCUT2D eigenvalue weighted by Crippen LogP contribution is -2.24. The number of benzene rings is 2. The lowest BCUT2D eigenvalue weighted by Gasteiger charge is -2.16. The molecule has 1 unspecified atom stereocenters. The zero-order valence-corrected chi connectivity index (χ0v) is 12.7. The Bertz CT molecular complexity index is 534. The summed E-state index contributed by atoms with van der Waals surface area (Å²) in [6.45, 7) is 3.14. The molecule has 3 nitrogen and oxygen atoms in total. The predicted octanol–water partition coefficient (Wildman–Crippen LogP) is 3.40. The van der Waals surface area contributed by atoms with Gasteiger partial charge < -0.3 is 15.2 Å². The monoisotopic (exact) mass is 285 g/mol. The average Bonchev–Trinajstić information content (AvgIpc) is 2.56. The first-order valence-electron chi connectivity index (χ1n) is 7.37. The molecule has 0 bridgehead atoms. The van der Waals surface area contributed by atoms with Gasteiger partial charge in [0, 0.05) is 0 Å². The van der Waals surface area contributed by atoms with E-state index < -0.39 is 0 Å². The Labute approximate surface area is 126 Å². The molecule has 2 aromatic rings. The van der Waals surface area contributed by atoms with Crippen molar-refractivity contribution in [2.45, 2.75) is 19.4 Å². The molecule has 0 heterocycles. The van der Waals surface area contributed by atoms with Crippen LogP contribution >= 0.6 is 0 Å². The molecule has 3 heteroatoms. The van der Waals surface area contributed by atoms with Crippen LogP contribution in [0.25, 0.3) is 11.1 Å². The van der Waals surface area contributed by atoms with Crippen LogP contribution in [0.4, 0.5) is 0 Å². The number of methoxy groups -OCH3 is 1. The number of aliphatic hydroxyl groups is 1. The SMILES string of the molecule is CCCNC(CO)c1ccc(-c2ccc(OC)cc2)cc1. The van der Waals surface area contributed by atoms with Gasteiger partial charge in [0.15, 0.2) is 0 Å². The van der Waals surface area contributed by atoms with Crippen LogP contribution < -0.4 is 10.1 Å². The van der Waals surface area contributed by atoms with Gasteiger partial charge in [0.2, 0.25) is 0 Å². The maximum absolute atomic E-state index is 9.47. The summed E-state index contributed by atoms with van der Waals surface area (Å²) in [6.07, 6.45) is 1.06. The standard InChI is InChI=1S/C18H23NO2/c1-3-12-19-18(13-20)16-6-4-14(5-7-16)15-8-10-17(21-2)11-9-15/h4-11,18-20H,3,12-13H2,1-2H3. The molecule has 2 rings (SSSR count). The van der Waals surface area contributed by atoms with Gasteiger partial charge in [-0.3, -0.25) is 0 Å². The fourth-order valence-corrected chi connectivity index (χ4v) is 2.30. The van der Waals surface area contributed by atoms with Crippen molar-refractivity contribution in [3.05, 3.63) is 54.1 Å². The zero-order valence-electron chi connectivity index (χ0n) is 12.7. The molecule has 2 N–H and O–H groups in total. The summed E-state index contributed by atoms with van der Waals surface area (Å²) in [5.74, 6) is 0.861. The molecule has 0 saturated heterocycles. The third kappa shape index (κ3) is 4.06. The Hall–Kier alpha value is -1.84. The van der Waals surface area contributed by atoms with Gasteiger partial charge in [-0.25, -0.2) is 0 Å². The number of hydrogen-bond donors (Lipinski definition) is 2. The van der Waals surface area contributed by atoms with Crippen molar-refractivity contribution in [2.24, 2.45) is 0 Å². The molecule has 0 radical (unpaired) electrons. The molecule has 112 valence electrons. The molecule has 0 aliphatic rings.